The monoisotopic (exact) mass is 330 g/mol. The number of nitrogens with zero attached hydrogens (tertiary/aromatic N) is 4. The molecule has 6 nitrogen and oxygen atoms in total. The van der Waals surface area contributed by atoms with Crippen LogP contribution >= 0.6 is 0 Å². The van der Waals surface area contributed by atoms with E-state index >= 15 is 0 Å². The zero-order valence-corrected chi connectivity index (χ0v) is 14.8. The summed E-state index contributed by atoms with van der Waals surface area (Å²) in [6, 6.07) is 4.00. The first-order valence-corrected chi connectivity index (χ1v) is 8.59. The fourth-order valence-electron chi connectivity index (χ4n) is 3.85. The first-order valence-electron chi connectivity index (χ1n) is 8.59. The number of likely N-dealkylation sites (N-methyl/N-ethyl adjacent to an activating group) is 1. The summed E-state index contributed by atoms with van der Waals surface area (Å²) < 4.78 is 0. The Morgan fingerprint density at radius 3 is 2.83 bits per heavy atom. The fraction of sp³-hybridized carbons (Fsp3) is 0.611. The number of pyridine rings is 1. The van der Waals surface area contributed by atoms with Crippen molar-refractivity contribution in [1.29, 1.82) is 0 Å². The van der Waals surface area contributed by atoms with Crippen LogP contribution in [0.25, 0.3) is 0 Å². The number of carbonyl (C=O) groups excluding carboxylic acids is 2. The Morgan fingerprint density at radius 1 is 1.33 bits per heavy atom. The summed E-state index contributed by atoms with van der Waals surface area (Å²) in [7, 11) is 3.45. The molecule has 6 heteroatoms. The van der Waals surface area contributed by atoms with Crippen molar-refractivity contribution in [2.45, 2.75) is 26.2 Å². The van der Waals surface area contributed by atoms with Gasteiger partial charge in [0.05, 0.1) is 12.0 Å². The zero-order chi connectivity index (χ0) is 17.3. The first kappa shape index (κ1) is 16.7. The van der Waals surface area contributed by atoms with Crippen LogP contribution in [0.5, 0.6) is 0 Å². The summed E-state index contributed by atoms with van der Waals surface area (Å²) in [6.07, 6.45) is 4.52. The van der Waals surface area contributed by atoms with Crippen molar-refractivity contribution in [2.24, 2.45) is 5.41 Å². The Hall–Kier alpha value is -2.11. The minimum absolute atomic E-state index is 0.0198. The molecule has 130 valence electrons. The third-order valence-corrected chi connectivity index (χ3v) is 5.28. The molecule has 0 aromatic carbocycles. The minimum Gasteiger partial charge on any atom is -0.355 e. The van der Waals surface area contributed by atoms with Gasteiger partial charge in [-0.3, -0.25) is 9.59 Å². The number of anilines is 1. The number of rotatable bonds is 3. The lowest BCUT2D eigenvalue weighted by molar-refractivity contribution is -0.141. The van der Waals surface area contributed by atoms with Gasteiger partial charge in [-0.05, 0) is 37.8 Å². The summed E-state index contributed by atoms with van der Waals surface area (Å²) in [6.45, 7) is 4.56. The van der Waals surface area contributed by atoms with Gasteiger partial charge in [-0.1, -0.05) is 6.07 Å². The molecule has 2 aliphatic rings. The van der Waals surface area contributed by atoms with Crippen LogP contribution in [0, 0.1) is 12.3 Å². The van der Waals surface area contributed by atoms with Gasteiger partial charge in [0, 0.05) is 39.9 Å². The van der Waals surface area contributed by atoms with Gasteiger partial charge in [0.15, 0.2) is 0 Å². The minimum atomic E-state index is -0.352. The Kier molecular flexibility index (Phi) is 4.47. The molecule has 1 unspecified atom stereocenters. The predicted molar refractivity (Wildman–Crippen MR) is 92.7 cm³/mol. The van der Waals surface area contributed by atoms with Crippen molar-refractivity contribution < 1.29 is 9.59 Å². The summed E-state index contributed by atoms with van der Waals surface area (Å²) in [5, 5.41) is 0. The van der Waals surface area contributed by atoms with Crippen LogP contribution in [-0.2, 0) is 9.59 Å². The van der Waals surface area contributed by atoms with Gasteiger partial charge in [0.2, 0.25) is 11.8 Å². The molecular weight excluding hydrogens is 304 g/mol. The van der Waals surface area contributed by atoms with Gasteiger partial charge in [0.25, 0.3) is 0 Å². The normalized spacial score (nSPS) is 23.9. The van der Waals surface area contributed by atoms with E-state index in [1.807, 2.05) is 12.3 Å². The number of likely N-dealkylation sites (tertiary alicyclic amines) is 1. The molecule has 3 rings (SSSR count). The molecule has 24 heavy (non-hydrogen) atoms. The number of hydrogen-bond acceptors (Lipinski definition) is 4. The van der Waals surface area contributed by atoms with Crippen LogP contribution in [-0.4, -0.2) is 66.9 Å². The van der Waals surface area contributed by atoms with E-state index in [1.165, 1.54) is 0 Å². The van der Waals surface area contributed by atoms with Crippen LogP contribution < -0.4 is 4.90 Å². The second kappa shape index (κ2) is 6.42. The predicted octanol–water partition coefficient (Wildman–Crippen LogP) is 1.30. The van der Waals surface area contributed by atoms with Crippen LogP contribution in [0.1, 0.15) is 24.8 Å². The highest BCUT2D eigenvalue weighted by molar-refractivity contribution is 5.90. The maximum atomic E-state index is 13.0. The Labute approximate surface area is 143 Å². The number of aromatic nitrogens is 1. The molecule has 2 aliphatic heterocycles. The first-order chi connectivity index (χ1) is 11.4. The smallest absolute Gasteiger partial charge is 0.241 e. The van der Waals surface area contributed by atoms with E-state index < -0.39 is 0 Å². The van der Waals surface area contributed by atoms with E-state index in [4.69, 9.17) is 0 Å². The second-order valence-electron chi connectivity index (χ2n) is 7.21. The van der Waals surface area contributed by atoms with Crippen molar-refractivity contribution in [3.8, 4) is 0 Å². The van der Waals surface area contributed by atoms with Crippen molar-refractivity contribution in [1.82, 2.24) is 14.8 Å². The molecule has 0 saturated carbocycles. The maximum absolute atomic E-state index is 13.0. The average Bonchev–Trinajstić information content (AvgIpc) is 2.84. The van der Waals surface area contributed by atoms with Crippen molar-refractivity contribution in [3.05, 3.63) is 23.9 Å². The molecular formula is C18H26N4O2. The lowest BCUT2D eigenvalue weighted by atomic mass is 9.78. The van der Waals surface area contributed by atoms with E-state index in [9.17, 15) is 9.59 Å². The number of amides is 2. The largest absolute Gasteiger partial charge is 0.355 e. The third-order valence-electron chi connectivity index (χ3n) is 5.28. The highest BCUT2D eigenvalue weighted by Gasteiger charge is 2.49. The van der Waals surface area contributed by atoms with Gasteiger partial charge < -0.3 is 14.7 Å². The quantitative estimate of drug-likeness (QED) is 0.838. The Bertz CT molecular complexity index is 646. The fourth-order valence-corrected chi connectivity index (χ4v) is 3.85. The van der Waals surface area contributed by atoms with Gasteiger partial charge in [-0.2, -0.15) is 0 Å². The molecule has 0 N–H and O–H groups in total. The van der Waals surface area contributed by atoms with Crippen LogP contribution in [0.4, 0.5) is 5.82 Å². The molecule has 1 aromatic rings. The third kappa shape index (κ3) is 2.97. The number of aryl methyl sites for hydroxylation is 1. The highest BCUT2D eigenvalue weighted by Crippen LogP contribution is 2.41. The van der Waals surface area contributed by atoms with E-state index in [2.05, 4.69) is 22.9 Å². The molecule has 2 fully saturated rings. The maximum Gasteiger partial charge on any atom is 0.241 e. The standard InChI is InChI=1S/C18H26N4O2/c1-14-6-4-9-19-16(14)22-10-5-7-18(13-22)8-11-21(17(18)24)12-15(23)20(2)3/h4,6,9H,5,7-8,10-13H2,1-3H3. The Morgan fingerprint density at radius 2 is 2.12 bits per heavy atom. The molecule has 0 aliphatic carbocycles. The van der Waals surface area contributed by atoms with Crippen molar-refractivity contribution in [3.63, 3.8) is 0 Å². The van der Waals surface area contributed by atoms with Gasteiger partial charge in [-0.15, -0.1) is 0 Å². The van der Waals surface area contributed by atoms with Crippen LogP contribution in [0.2, 0.25) is 0 Å². The molecule has 1 spiro atoms. The Balaban J connectivity index is 1.75. The van der Waals surface area contributed by atoms with Gasteiger partial charge >= 0.3 is 0 Å². The average molecular weight is 330 g/mol. The number of carbonyl (C=O) groups is 2. The van der Waals surface area contributed by atoms with Gasteiger partial charge in [-0.25, -0.2) is 4.98 Å². The molecule has 1 aromatic heterocycles. The molecule has 0 radical (unpaired) electrons. The lowest BCUT2D eigenvalue weighted by Gasteiger charge is -2.40. The molecule has 3 heterocycles. The lowest BCUT2D eigenvalue weighted by Crippen LogP contribution is -2.49. The van der Waals surface area contributed by atoms with E-state index in [-0.39, 0.29) is 23.8 Å². The van der Waals surface area contributed by atoms with E-state index in [0.717, 1.165) is 37.2 Å². The van der Waals surface area contributed by atoms with Crippen LogP contribution in [0.3, 0.4) is 0 Å². The number of piperidine rings is 1. The molecule has 2 saturated heterocycles. The van der Waals surface area contributed by atoms with Crippen molar-refractivity contribution >= 4 is 17.6 Å². The van der Waals surface area contributed by atoms with Crippen molar-refractivity contribution in [2.75, 3.05) is 45.2 Å². The second-order valence-corrected chi connectivity index (χ2v) is 7.21. The van der Waals surface area contributed by atoms with E-state index in [1.54, 1.807) is 23.9 Å². The molecule has 2 amide bonds. The number of hydrogen-bond donors (Lipinski definition) is 0. The summed E-state index contributed by atoms with van der Waals surface area (Å²) >= 11 is 0. The summed E-state index contributed by atoms with van der Waals surface area (Å²) in [4.78, 5) is 35.0. The SMILES string of the molecule is Cc1cccnc1N1CCCC2(CCN(CC(=O)N(C)C)C2=O)C1. The summed E-state index contributed by atoms with van der Waals surface area (Å²) in [5.41, 5.74) is 0.786. The highest BCUT2D eigenvalue weighted by atomic mass is 16.2. The molecule has 0 bridgehead atoms. The molecule has 1 atom stereocenters. The van der Waals surface area contributed by atoms with E-state index in [0.29, 0.717) is 13.1 Å². The topological polar surface area (TPSA) is 56.8 Å². The summed E-state index contributed by atoms with van der Waals surface area (Å²) in [5.74, 6) is 1.09. The van der Waals surface area contributed by atoms with Crippen LogP contribution in [0.15, 0.2) is 18.3 Å². The van der Waals surface area contributed by atoms with Gasteiger partial charge in [0.1, 0.15) is 5.82 Å². The zero-order valence-electron chi connectivity index (χ0n) is 14.8.